The molecule has 1 aromatic heterocycles. The molecule has 1 aliphatic rings. The van der Waals surface area contributed by atoms with Crippen LogP contribution in [-0.4, -0.2) is 34.2 Å². The topological polar surface area (TPSA) is 79.5 Å². The van der Waals surface area contributed by atoms with Crippen LogP contribution in [0.2, 0.25) is 0 Å². The van der Waals surface area contributed by atoms with Crippen molar-refractivity contribution in [1.82, 2.24) is 4.98 Å². The summed E-state index contributed by atoms with van der Waals surface area (Å²) in [5, 5.41) is 20.4. The molecule has 1 aliphatic heterocycles. The van der Waals surface area contributed by atoms with E-state index < -0.39 is 4.92 Å². The molecule has 1 aromatic rings. The Balaban J connectivity index is 2.21. The molecule has 0 amide bonds. The first-order valence-electron chi connectivity index (χ1n) is 5.62. The van der Waals surface area contributed by atoms with Crippen LogP contribution in [-0.2, 0) is 0 Å². The molecule has 2 atom stereocenters. The van der Waals surface area contributed by atoms with E-state index in [1.54, 1.807) is 19.2 Å². The van der Waals surface area contributed by atoms with Gasteiger partial charge in [0, 0.05) is 31.3 Å². The summed E-state index contributed by atoms with van der Waals surface area (Å²) in [5.41, 5.74) is 0.0266. The van der Waals surface area contributed by atoms with E-state index in [4.69, 9.17) is 0 Å². The summed E-state index contributed by atoms with van der Waals surface area (Å²) < 4.78 is 0. The molecule has 0 aromatic carbocycles. The van der Waals surface area contributed by atoms with E-state index in [9.17, 15) is 15.2 Å². The third kappa shape index (κ3) is 2.36. The number of pyridine rings is 1. The molecular formula is C11H15N3O3. The van der Waals surface area contributed by atoms with Crippen LogP contribution in [0.4, 0.5) is 11.5 Å². The zero-order valence-electron chi connectivity index (χ0n) is 9.61. The number of anilines is 1. The van der Waals surface area contributed by atoms with E-state index in [1.807, 2.05) is 4.90 Å². The summed E-state index contributed by atoms with van der Waals surface area (Å²) >= 11 is 0. The van der Waals surface area contributed by atoms with Crippen molar-refractivity contribution in [2.24, 2.45) is 5.92 Å². The Kier molecular flexibility index (Phi) is 3.23. The SMILES string of the molecule is CC(O)C1CCN(c2ncccc2[N+](=O)[O-])C1. The fraction of sp³-hybridized carbons (Fsp3) is 0.545. The summed E-state index contributed by atoms with van der Waals surface area (Å²) in [5.74, 6) is 0.567. The van der Waals surface area contributed by atoms with Gasteiger partial charge in [-0.05, 0) is 19.4 Å². The third-order valence-electron chi connectivity index (χ3n) is 3.17. The molecule has 6 heteroatoms. The highest BCUT2D eigenvalue weighted by Gasteiger charge is 2.30. The van der Waals surface area contributed by atoms with Gasteiger partial charge >= 0.3 is 5.69 Å². The molecule has 0 aliphatic carbocycles. The second-order valence-electron chi connectivity index (χ2n) is 4.34. The number of hydrogen-bond acceptors (Lipinski definition) is 5. The highest BCUT2D eigenvalue weighted by atomic mass is 16.6. The molecule has 6 nitrogen and oxygen atoms in total. The van der Waals surface area contributed by atoms with E-state index >= 15 is 0 Å². The monoisotopic (exact) mass is 237 g/mol. The van der Waals surface area contributed by atoms with Crippen LogP contribution < -0.4 is 4.90 Å². The fourth-order valence-electron chi connectivity index (χ4n) is 2.15. The molecule has 1 saturated heterocycles. The number of aliphatic hydroxyl groups excluding tert-OH is 1. The van der Waals surface area contributed by atoms with Crippen LogP contribution in [0.1, 0.15) is 13.3 Å². The van der Waals surface area contributed by atoms with Gasteiger partial charge < -0.3 is 10.0 Å². The van der Waals surface area contributed by atoms with E-state index in [-0.39, 0.29) is 17.7 Å². The van der Waals surface area contributed by atoms with Gasteiger partial charge in [-0.2, -0.15) is 0 Å². The summed E-state index contributed by atoms with van der Waals surface area (Å²) in [4.78, 5) is 16.4. The zero-order chi connectivity index (χ0) is 12.4. The molecule has 2 rings (SSSR count). The lowest BCUT2D eigenvalue weighted by Crippen LogP contribution is -2.25. The highest BCUT2D eigenvalue weighted by molar-refractivity contribution is 5.57. The maximum Gasteiger partial charge on any atom is 0.311 e. The summed E-state index contributed by atoms with van der Waals surface area (Å²) in [6.45, 7) is 3.07. The van der Waals surface area contributed by atoms with Crippen molar-refractivity contribution >= 4 is 11.5 Å². The minimum atomic E-state index is -0.419. The van der Waals surface area contributed by atoms with Crippen molar-refractivity contribution in [2.75, 3.05) is 18.0 Å². The lowest BCUT2D eigenvalue weighted by atomic mass is 10.0. The Labute approximate surface area is 99.0 Å². The Morgan fingerprint density at radius 2 is 2.47 bits per heavy atom. The average molecular weight is 237 g/mol. The molecule has 1 fully saturated rings. The lowest BCUT2D eigenvalue weighted by Gasteiger charge is -2.18. The van der Waals surface area contributed by atoms with Gasteiger partial charge in [-0.3, -0.25) is 10.1 Å². The van der Waals surface area contributed by atoms with E-state index in [0.29, 0.717) is 18.9 Å². The number of aliphatic hydroxyl groups is 1. The highest BCUT2D eigenvalue weighted by Crippen LogP contribution is 2.30. The normalized spacial score (nSPS) is 21.5. The number of rotatable bonds is 3. The first-order valence-corrected chi connectivity index (χ1v) is 5.62. The van der Waals surface area contributed by atoms with Crippen LogP contribution in [0.15, 0.2) is 18.3 Å². The molecule has 0 saturated carbocycles. The molecule has 0 bridgehead atoms. The molecule has 0 radical (unpaired) electrons. The molecule has 2 heterocycles. The van der Waals surface area contributed by atoms with Crippen LogP contribution in [0.5, 0.6) is 0 Å². The van der Waals surface area contributed by atoms with Gasteiger partial charge in [0.2, 0.25) is 5.82 Å². The summed E-state index contributed by atoms with van der Waals surface area (Å²) in [6, 6.07) is 3.02. The van der Waals surface area contributed by atoms with Gasteiger partial charge in [0.25, 0.3) is 0 Å². The van der Waals surface area contributed by atoms with Gasteiger partial charge in [0.05, 0.1) is 11.0 Å². The molecule has 17 heavy (non-hydrogen) atoms. The number of hydrogen-bond donors (Lipinski definition) is 1. The van der Waals surface area contributed by atoms with Crippen molar-refractivity contribution in [3.8, 4) is 0 Å². The minimum absolute atomic E-state index is 0.0266. The smallest absolute Gasteiger partial charge is 0.311 e. The number of nitro groups is 1. The molecule has 0 spiro atoms. The number of nitrogens with zero attached hydrogens (tertiary/aromatic N) is 3. The van der Waals surface area contributed by atoms with Crippen molar-refractivity contribution < 1.29 is 10.0 Å². The standard InChI is InChI=1S/C11H15N3O3/c1-8(15)9-4-6-13(7-9)11-10(14(16)17)3-2-5-12-11/h2-3,5,8-9,15H,4,6-7H2,1H3. The predicted molar refractivity (Wildman–Crippen MR) is 62.9 cm³/mol. The fourth-order valence-corrected chi connectivity index (χ4v) is 2.15. The lowest BCUT2D eigenvalue weighted by molar-refractivity contribution is -0.384. The largest absolute Gasteiger partial charge is 0.393 e. The second kappa shape index (κ2) is 4.67. The second-order valence-corrected chi connectivity index (χ2v) is 4.34. The van der Waals surface area contributed by atoms with Crippen molar-refractivity contribution in [2.45, 2.75) is 19.4 Å². The van der Waals surface area contributed by atoms with Gasteiger partial charge in [-0.25, -0.2) is 4.98 Å². The first-order chi connectivity index (χ1) is 8.09. The Hall–Kier alpha value is -1.69. The molecular weight excluding hydrogens is 222 g/mol. The van der Waals surface area contributed by atoms with Crippen LogP contribution in [0.25, 0.3) is 0 Å². The van der Waals surface area contributed by atoms with Crippen LogP contribution in [0, 0.1) is 16.0 Å². The summed E-state index contributed by atoms with van der Waals surface area (Å²) in [6.07, 6.45) is 2.01. The van der Waals surface area contributed by atoms with Gasteiger partial charge in [-0.1, -0.05) is 0 Å². The third-order valence-corrected chi connectivity index (χ3v) is 3.17. The Bertz CT molecular complexity index is 422. The first kappa shape index (κ1) is 11.8. The van der Waals surface area contributed by atoms with Crippen LogP contribution in [0.3, 0.4) is 0 Å². The van der Waals surface area contributed by atoms with Crippen molar-refractivity contribution in [3.05, 3.63) is 28.4 Å². The molecule has 2 unspecified atom stereocenters. The zero-order valence-corrected chi connectivity index (χ0v) is 9.61. The summed E-state index contributed by atoms with van der Waals surface area (Å²) in [7, 11) is 0. The van der Waals surface area contributed by atoms with E-state index in [2.05, 4.69) is 4.98 Å². The Morgan fingerprint density at radius 1 is 1.71 bits per heavy atom. The van der Waals surface area contributed by atoms with Gasteiger partial charge in [-0.15, -0.1) is 0 Å². The Morgan fingerprint density at radius 3 is 3.06 bits per heavy atom. The van der Waals surface area contributed by atoms with Crippen LogP contribution >= 0.6 is 0 Å². The quantitative estimate of drug-likeness (QED) is 0.631. The predicted octanol–water partition coefficient (Wildman–Crippen LogP) is 1.20. The van der Waals surface area contributed by atoms with Crippen molar-refractivity contribution in [3.63, 3.8) is 0 Å². The average Bonchev–Trinajstić information content (AvgIpc) is 2.78. The molecule has 92 valence electrons. The van der Waals surface area contributed by atoms with E-state index in [0.717, 1.165) is 6.42 Å². The number of aromatic nitrogens is 1. The van der Waals surface area contributed by atoms with Crippen molar-refractivity contribution in [1.29, 1.82) is 0 Å². The van der Waals surface area contributed by atoms with Gasteiger partial charge in [0.1, 0.15) is 0 Å². The molecule has 1 N–H and O–H groups in total. The maximum absolute atomic E-state index is 10.9. The van der Waals surface area contributed by atoms with E-state index in [1.165, 1.54) is 6.07 Å². The van der Waals surface area contributed by atoms with Gasteiger partial charge in [0.15, 0.2) is 0 Å². The maximum atomic E-state index is 10.9. The minimum Gasteiger partial charge on any atom is -0.393 e.